The molecule has 0 aromatic heterocycles. The normalized spacial score (nSPS) is 24.4. The highest BCUT2D eigenvalue weighted by Crippen LogP contribution is 2.20. The number of aliphatic hydroxyl groups excluding tert-OH is 1. The number of likely N-dealkylation sites (tertiary alicyclic amines) is 1. The molecule has 1 heterocycles. The number of carboxylic acid groups (broad SMARTS) is 1. The molecule has 1 aliphatic rings. The van der Waals surface area contributed by atoms with Gasteiger partial charge in [-0.3, -0.25) is 0 Å². The Morgan fingerprint density at radius 2 is 2.17 bits per heavy atom. The van der Waals surface area contributed by atoms with E-state index in [9.17, 15) is 14.7 Å². The van der Waals surface area contributed by atoms with Gasteiger partial charge in [0.15, 0.2) is 0 Å². The van der Waals surface area contributed by atoms with Gasteiger partial charge in [-0.25, -0.2) is 9.59 Å². The Morgan fingerprint density at radius 3 is 2.56 bits per heavy atom. The van der Waals surface area contributed by atoms with Crippen LogP contribution in [-0.2, 0) is 4.79 Å². The number of carbonyl (C=O) groups excluding carboxylic acids is 1. The molecule has 0 aromatic carbocycles. The summed E-state index contributed by atoms with van der Waals surface area (Å²) in [6, 6.07) is -0.370. The molecule has 6 heteroatoms. The maximum absolute atomic E-state index is 12.0. The van der Waals surface area contributed by atoms with E-state index in [1.165, 1.54) is 6.92 Å². The molecule has 104 valence electrons. The molecule has 0 aromatic rings. The highest BCUT2D eigenvalue weighted by Gasteiger charge is 2.36. The number of aliphatic hydroxyl groups is 1. The fraction of sp³-hybridized carbons (Fsp3) is 0.833. The SMILES string of the molecule is CCC(C)(NC(=O)N1CCC(C(C)O)C1)C(=O)O. The van der Waals surface area contributed by atoms with Gasteiger partial charge in [0.1, 0.15) is 5.54 Å². The molecule has 0 saturated carbocycles. The van der Waals surface area contributed by atoms with Gasteiger partial charge in [0.25, 0.3) is 0 Å². The monoisotopic (exact) mass is 258 g/mol. The minimum atomic E-state index is -1.24. The van der Waals surface area contributed by atoms with E-state index in [4.69, 9.17) is 5.11 Å². The highest BCUT2D eigenvalue weighted by molar-refractivity contribution is 5.85. The Morgan fingerprint density at radius 1 is 1.56 bits per heavy atom. The van der Waals surface area contributed by atoms with Crippen LogP contribution in [0.15, 0.2) is 0 Å². The predicted octanol–water partition coefficient (Wildman–Crippen LogP) is 0.652. The number of carboxylic acids is 1. The fourth-order valence-corrected chi connectivity index (χ4v) is 1.97. The molecule has 2 amide bonds. The van der Waals surface area contributed by atoms with Gasteiger partial charge in [-0.05, 0) is 26.7 Å². The zero-order valence-corrected chi connectivity index (χ0v) is 11.1. The van der Waals surface area contributed by atoms with Crippen molar-refractivity contribution in [2.24, 2.45) is 5.92 Å². The van der Waals surface area contributed by atoms with Gasteiger partial charge >= 0.3 is 12.0 Å². The molecule has 0 radical (unpaired) electrons. The van der Waals surface area contributed by atoms with Crippen molar-refractivity contribution in [1.82, 2.24) is 10.2 Å². The van der Waals surface area contributed by atoms with Gasteiger partial charge in [-0.1, -0.05) is 6.92 Å². The lowest BCUT2D eigenvalue weighted by atomic mass is 10.00. The summed E-state index contributed by atoms with van der Waals surface area (Å²) < 4.78 is 0. The largest absolute Gasteiger partial charge is 0.480 e. The second-order valence-corrected chi connectivity index (χ2v) is 5.16. The molecule has 0 aliphatic carbocycles. The van der Waals surface area contributed by atoms with Gasteiger partial charge in [-0.2, -0.15) is 0 Å². The molecule has 3 N–H and O–H groups in total. The lowest BCUT2D eigenvalue weighted by molar-refractivity contribution is -0.143. The minimum absolute atomic E-state index is 0.0773. The molecular formula is C12H22N2O4. The number of hydrogen-bond donors (Lipinski definition) is 3. The van der Waals surface area contributed by atoms with Gasteiger partial charge in [0.05, 0.1) is 6.10 Å². The van der Waals surface area contributed by atoms with Crippen molar-refractivity contribution in [3.8, 4) is 0 Å². The standard InChI is InChI=1S/C12H22N2O4/c1-4-12(3,10(16)17)13-11(18)14-6-5-9(7-14)8(2)15/h8-9,15H,4-7H2,1-3H3,(H,13,18)(H,16,17). The Bertz CT molecular complexity index is 332. The van der Waals surface area contributed by atoms with Crippen LogP contribution in [0.5, 0.6) is 0 Å². The van der Waals surface area contributed by atoms with Crippen LogP contribution in [0, 0.1) is 5.92 Å². The Hall–Kier alpha value is -1.30. The number of amides is 2. The molecule has 0 spiro atoms. The predicted molar refractivity (Wildman–Crippen MR) is 66.2 cm³/mol. The quantitative estimate of drug-likeness (QED) is 0.690. The summed E-state index contributed by atoms with van der Waals surface area (Å²) in [6.45, 7) is 5.95. The summed E-state index contributed by atoms with van der Waals surface area (Å²) in [4.78, 5) is 24.6. The smallest absolute Gasteiger partial charge is 0.329 e. The number of hydrogen-bond acceptors (Lipinski definition) is 3. The van der Waals surface area contributed by atoms with E-state index in [-0.39, 0.29) is 11.9 Å². The first-order valence-electron chi connectivity index (χ1n) is 6.28. The second kappa shape index (κ2) is 5.56. The van der Waals surface area contributed by atoms with Crippen LogP contribution in [0.25, 0.3) is 0 Å². The van der Waals surface area contributed by atoms with Crippen molar-refractivity contribution < 1.29 is 19.8 Å². The molecule has 3 unspecified atom stereocenters. The lowest BCUT2D eigenvalue weighted by Crippen LogP contribution is -2.55. The number of rotatable bonds is 4. The van der Waals surface area contributed by atoms with Crippen LogP contribution < -0.4 is 5.32 Å². The van der Waals surface area contributed by atoms with E-state index in [1.54, 1.807) is 18.7 Å². The average Bonchev–Trinajstić information content (AvgIpc) is 2.77. The number of nitrogens with zero attached hydrogens (tertiary/aromatic N) is 1. The molecule has 6 nitrogen and oxygen atoms in total. The maximum atomic E-state index is 12.0. The van der Waals surface area contributed by atoms with E-state index < -0.39 is 17.6 Å². The Balaban J connectivity index is 2.59. The van der Waals surface area contributed by atoms with Crippen molar-refractivity contribution in [2.75, 3.05) is 13.1 Å². The average molecular weight is 258 g/mol. The van der Waals surface area contributed by atoms with Crippen molar-refractivity contribution in [2.45, 2.75) is 45.3 Å². The van der Waals surface area contributed by atoms with Crippen molar-refractivity contribution in [3.05, 3.63) is 0 Å². The van der Waals surface area contributed by atoms with Gasteiger partial charge in [-0.15, -0.1) is 0 Å². The third-order valence-electron chi connectivity index (χ3n) is 3.76. The van der Waals surface area contributed by atoms with Crippen LogP contribution in [-0.4, -0.2) is 51.8 Å². The van der Waals surface area contributed by atoms with Gasteiger partial charge in [0, 0.05) is 19.0 Å². The first kappa shape index (κ1) is 14.8. The van der Waals surface area contributed by atoms with Gasteiger partial charge in [0.2, 0.25) is 0 Å². The third kappa shape index (κ3) is 3.13. The molecular weight excluding hydrogens is 236 g/mol. The molecule has 1 aliphatic heterocycles. The zero-order valence-electron chi connectivity index (χ0n) is 11.1. The first-order chi connectivity index (χ1) is 8.30. The number of urea groups is 1. The third-order valence-corrected chi connectivity index (χ3v) is 3.76. The Labute approximate surface area is 107 Å². The highest BCUT2D eigenvalue weighted by atomic mass is 16.4. The molecule has 1 rings (SSSR count). The van der Waals surface area contributed by atoms with Crippen molar-refractivity contribution >= 4 is 12.0 Å². The first-order valence-corrected chi connectivity index (χ1v) is 6.28. The summed E-state index contributed by atoms with van der Waals surface area (Å²) in [5, 5.41) is 21.1. The summed E-state index contributed by atoms with van der Waals surface area (Å²) in [7, 11) is 0. The van der Waals surface area contributed by atoms with Crippen LogP contribution in [0.4, 0.5) is 4.79 Å². The molecule has 0 bridgehead atoms. The van der Waals surface area contributed by atoms with E-state index in [2.05, 4.69) is 5.32 Å². The van der Waals surface area contributed by atoms with Crippen molar-refractivity contribution in [1.29, 1.82) is 0 Å². The summed E-state index contributed by atoms with van der Waals surface area (Å²) >= 11 is 0. The zero-order chi connectivity index (χ0) is 13.9. The van der Waals surface area contributed by atoms with E-state index >= 15 is 0 Å². The minimum Gasteiger partial charge on any atom is -0.480 e. The summed E-state index contributed by atoms with van der Waals surface area (Å²) in [5.41, 5.74) is -1.24. The number of carbonyl (C=O) groups is 2. The van der Waals surface area contributed by atoms with Gasteiger partial charge < -0.3 is 20.4 Å². The molecule has 1 saturated heterocycles. The number of aliphatic carboxylic acids is 1. The topological polar surface area (TPSA) is 89.9 Å². The maximum Gasteiger partial charge on any atom is 0.329 e. The molecule has 18 heavy (non-hydrogen) atoms. The number of nitrogens with one attached hydrogen (secondary N) is 1. The van der Waals surface area contributed by atoms with Crippen LogP contribution in [0.1, 0.15) is 33.6 Å². The fourth-order valence-electron chi connectivity index (χ4n) is 1.97. The van der Waals surface area contributed by atoms with E-state index in [0.29, 0.717) is 19.5 Å². The lowest BCUT2D eigenvalue weighted by Gasteiger charge is -2.28. The molecule has 3 atom stereocenters. The van der Waals surface area contributed by atoms with E-state index in [1.807, 2.05) is 0 Å². The second-order valence-electron chi connectivity index (χ2n) is 5.16. The summed E-state index contributed by atoms with van der Waals surface area (Å²) in [6.07, 6.45) is 0.628. The van der Waals surface area contributed by atoms with Crippen LogP contribution >= 0.6 is 0 Å². The Kier molecular flexibility index (Phi) is 4.56. The van der Waals surface area contributed by atoms with Crippen LogP contribution in [0.2, 0.25) is 0 Å². The van der Waals surface area contributed by atoms with E-state index in [0.717, 1.165) is 6.42 Å². The summed E-state index contributed by atoms with van der Waals surface area (Å²) in [5.74, 6) is -0.960. The molecule has 1 fully saturated rings. The van der Waals surface area contributed by atoms with Crippen LogP contribution in [0.3, 0.4) is 0 Å². The van der Waals surface area contributed by atoms with Crippen molar-refractivity contribution in [3.63, 3.8) is 0 Å².